The van der Waals surface area contributed by atoms with E-state index in [-0.39, 0.29) is 5.91 Å². The first-order chi connectivity index (χ1) is 9.00. The van der Waals surface area contributed by atoms with Gasteiger partial charge in [0.2, 0.25) is 0 Å². The number of rotatable bonds is 4. The lowest BCUT2D eigenvalue weighted by Gasteiger charge is -2.17. The summed E-state index contributed by atoms with van der Waals surface area (Å²) in [6, 6.07) is 3.66. The summed E-state index contributed by atoms with van der Waals surface area (Å²) in [5, 5.41) is 10.1. The normalized spacial score (nSPS) is 12.6. The summed E-state index contributed by atoms with van der Waals surface area (Å²) in [7, 11) is 1.71. The standard InChI is InChI=1S/C13H17N3O2S/c1-8(17)5-7-16(2)13(18)11-10(14)9-4-3-6-15-12(9)19-11/h3-4,6,8,17H,5,7,14H2,1-2H3. The van der Waals surface area contributed by atoms with E-state index < -0.39 is 6.10 Å². The van der Waals surface area contributed by atoms with Crippen LogP contribution in [0.1, 0.15) is 23.0 Å². The first-order valence-electron chi connectivity index (χ1n) is 6.07. The highest BCUT2D eigenvalue weighted by Crippen LogP contribution is 2.32. The summed E-state index contributed by atoms with van der Waals surface area (Å²) >= 11 is 1.30. The predicted octanol–water partition coefficient (Wildman–Crippen LogP) is 1.72. The van der Waals surface area contributed by atoms with Crippen molar-refractivity contribution in [2.75, 3.05) is 19.3 Å². The van der Waals surface area contributed by atoms with Crippen LogP contribution in [0.4, 0.5) is 5.69 Å². The number of nitrogens with two attached hydrogens (primary N) is 1. The van der Waals surface area contributed by atoms with E-state index in [1.807, 2.05) is 6.07 Å². The summed E-state index contributed by atoms with van der Waals surface area (Å²) < 4.78 is 0. The van der Waals surface area contributed by atoms with Gasteiger partial charge in [0, 0.05) is 25.2 Å². The summed E-state index contributed by atoms with van der Waals surface area (Å²) in [6.07, 6.45) is 1.81. The van der Waals surface area contributed by atoms with E-state index in [4.69, 9.17) is 5.73 Å². The van der Waals surface area contributed by atoms with Crippen molar-refractivity contribution >= 4 is 33.1 Å². The summed E-state index contributed by atoms with van der Waals surface area (Å²) in [5.74, 6) is -0.124. The molecule has 19 heavy (non-hydrogen) atoms. The second-order valence-corrected chi connectivity index (χ2v) is 5.56. The smallest absolute Gasteiger partial charge is 0.265 e. The fourth-order valence-corrected chi connectivity index (χ4v) is 2.82. The van der Waals surface area contributed by atoms with Crippen LogP contribution in [-0.4, -0.2) is 40.6 Å². The van der Waals surface area contributed by atoms with Gasteiger partial charge in [-0.2, -0.15) is 0 Å². The minimum atomic E-state index is -0.420. The van der Waals surface area contributed by atoms with Gasteiger partial charge < -0.3 is 15.7 Å². The maximum atomic E-state index is 12.3. The number of fused-ring (bicyclic) bond motifs is 1. The van der Waals surface area contributed by atoms with Gasteiger partial charge in [0.1, 0.15) is 9.71 Å². The number of carbonyl (C=O) groups is 1. The molecule has 2 heterocycles. The van der Waals surface area contributed by atoms with Gasteiger partial charge >= 0.3 is 0 Å². The van der Waals surface area contributed by atoms with Crippen LogP contribution in [0.15, 0.2) is 18.3 Å². The number of aromatic nitrogens is 1. The van der Waals surface area contributed by atoms with E-state index in [9.17, 15) is 9.90 Å². The molecule has 102 valence electrons. The van der Waals surface area contributed by atoms with E-state index >= 15 is 0 Å². The number of amides is 1. The number of aliphatic hydroxyl groups excluding tert-OH is 1. The molecule has 0 radical (unpaired) electrons. The summed E-state index contributed by atoms with van der Waals surface area (Å²) in [4.78, 5) is 19.4. The first-order valence-corrected chi connectivity index (χ1v) is 6.89. The van der Waals surface area contributed by atoms with Crippen LogP contribution < -0.4 is 5.73 Å². The van der Waals surface area contributed by atoms with Crippen LogP contribution in [0.2, 0.25) is 0 Å². The Bertz CT molecular complexity index is 595. The second kappa shape index (κ2) is 5.54. The van der Waals surface area contributed by atoms with Crippen molar-refractivity contribution in [3.8, 4) is 0 Å². The number of hydrogen-bond donors (Lipinski definition) is 2. The fourth-order valence-electron chi connectivity index (χ4n) is 1.77. The molecule has 0 aliphatic heterocycles. The maximum absolute atomic E-state index is 12.3. The Kier molecular flexibility index (Phi) is 4.01. The number of nitrogens with zero attached hydrogens (tertiary/aromatic N) is 2. The molecule has 0 saturated heterocycles. The monoisotopic (exact) mass is 279 g/mol. The molecule has 0 fully saturated rings. The minimum absolute atomic E-state index is 0.124. The third-order valence-electron chi connectivity index (χ3n) is 2.93. The average molecular weight is 279 g/mol. The zero-order valence-corrected chi connectivity index (χ0v) is 11.8. The Hall–Kier alpha value is -1.66. The highest BCUT2D eigenvalue weighted by Gasteiger charge is 2.20. The molecule has 1 atom stereocenters. The molecule has 1 amide bonds. The summed E-state index contributed by atoms with van der Waals surface area (Å²) in [5.41, 5.74) is 6.50. The van der Waals surface area contributed by atoms with Gasteiger partial charge in [-0.15, -0.1) is 11.3 Å². The topological polar surface area (TPSA) is 79.5 Å². The van der Waals surface area contributed by atoms with Gasteiger partial charge in [-0.3, -0.25) is 4.79 Å². The van der Waals surface area contributed by atoms with E-state index in [2.05, 4.69) is 4.98 Å². The number of nitrogen functional groups attached to an aromatic ring is 1. The Morgan fingerprint density at radius 1 is 1.63 bits per heavy atom. The highest BCUT2D eigenvalue weighted by molar-refractivity contribution is 7.21. The third-order valence-corrected chi connectivity index (χ3v) is 4.05. The molecule has 0 aliphatic carbocycles. The van der Waals surface area contributed by atoms with Gasteiger partial charge in [-0.1, -0.05) is 0 Å². The molecular formula is C13H17N3O2S. The lowest BCUT2D eigenvalue weighted by Crippen LogP contribution is -2.29. The summed E-state index contributed by atoms with van der Waals surface area (Å²) in [6.45, 7) is 2.20. The Morgan fingerprint density at radius 2 is 2.37 bits per heavy atom. The van der Waals surface area contributed by atoms with Crippen LogP contribution in [0.5, 0.6) is 0 Å². The molecule has 0 saturated carbocycles. The molecule has 0 spiro atoms. The van der Waals surface area contributed by atoms with Crippen LogP contribution in [0.25, 0.3) is 10.2 Å². The number of anilines is 1. The maximum Gasteiger partial charge on any atom is 0.265 e. The number of hydrogen-bond acceptors (Lipinski definition) is 5. The molecule has 0 aromatic carbocycles. The highest BCUT2D eigenvalue weighted by atomic mass is 32.1. The number of pyridine rings is 1. The molecule has 0 aliphatic rings. The number of thiophene rings is 1. The molecule has 3 N–H and O–H groups in total. The number of aliphatic hydroxyl groups is 1. The third kappa shape index (κ3) is 2.85. The molecule has 6 heteroatoms. The Balaban J connectivity index is 2.24. The Labute approximate surface area is 115 Å². The zero-order valence-electron chi connectivity index (χ0n) is 11.0. The average Bonchev–Trinajstić information content (AvgIpc) is 2.73. The predicted molar refractivity (Wildman–Crippen MR) is 77.3 cm³/mol. The molecule has 0 bridgehead atoms. The Morgan fingerprint density at radius 3 is 3.00 bits per heavy atom. The largest absolute Gasteiger partial charge is 0.397 e. The molecule has 2 aromatic heterocycles. The van der Waals surface area contributed by atoms with Crippen LogP contribution in [0, 0.1) is 0 Å². The van der Waals surface area contributed by atoms with E-state index in [0.29, 0.717) is 23.5 Å². The zero-order chi connectivity index (χ0) is 14.0. The van der Waals surface area contributed by atoms with E-state index in [1.54, 1.807) is 31.1 Å². The molecule has 5 nitrogen and oxygen atoms in total. The van der Waals surface area contributed by atoms with Crippen molar-refractivity contribution < 1.29 is 9.90 Å². The van der Waals surface area contributed by atoms with Gasteiger partial charge in [0.25, 0.3) is 5.91 Å². The van der Waals surface area contributed by atoms with Gasteiger partial charge in [-0.05, 0) is 25.5 Å². The second-order valence-electron chi connectivity index (χ2n) is 4.57. The lowest BCUT2D eigenvalue weighted by atomic mass is 10.2. The van der Waals surface area contributed by atoms with E-state index in [1.165, 1.54) is 11.3 Å². The van der Waals surface area contributed by atoms with Crippen molar-refractivity contribution in [3.63, 3.8) is 0 Å². The van der Waals surface area contributed by atoms with Crippen molar-refractivity contribution in [3.05, 3.63) is 23.2 Å². The minimum Gasteiger partial charge on any atom is -0.397 e. The SMILES string of the molecule is CC(O)CCN(C)C(=O)c1sc2ncccc2c1N. The molecule has 2 aromatic rings. The van der Waals surface area contributed by atoms with Gasteiger partial charge in [-0.25, -0.2) is 4.98 Å². The van der Waals surface area contributed by atoms with Crippen LogP contribution in [0.3, 0.4) is 0 Å². The fraction of sp³-hybridized carbons (Fsp3) is 0.385. The van der Waals surface area contributed by atoms with Gasteiger partial charge in [0.05, 0.1) is 11.8 Å². The van der Waals surface area contributed by atoms with Gasteiger partial charge in [0.15, 0.2) is 0 Å². The van der Waals surface area contributed by atoms with Crippen molar-refractivity contribution in [2.24, 2.45) is 0 Å². The quantitative estimate of drug-likeness (QED) is 0.893. The van der Waals surface area contributed by atoms with Crippen molar-refractivity contribution in [1.29, 1.82) is 0 Å². The van der Waals surface area contributed by atoms with Crippen LogP contribution >= 0.6 is 11.3 Å². The molecule has 2 rings (SSSR count). The van der Waals surface area contributed by atoms with Crippen molar-refractivity contribution in [1.82, 2.24) is 9.88 Å². The lowest BCUT2D eigenvalue weighted by molar-refractivity contribution is 0.0774. The van der Waals surface area contributed by atoms with E-state index in [0.717, 1.165) is 10.2 Å². The van der Waals surface area contributed by atoms with Crippen LogP contribution in [-0.2, 0) is 0 Å². The molecule has 1 unspecified atom stereocenters. The molecular weight excluding hydrogens is 262 g/mol. The first kappa shape index (κ1) is 13.8. The van der Waals surface area contributed by atoms with Crippen molar-refractivity contribution in [2.45, 2.75) is 19.4 Å². The number of carbonyl (C=O) groups excluding carboxylic acids is 1.